The predicted molar refractivity (Wildman–Crippen MR) is 366 cm³/mol. The SMILES string of the molecule is CCC1=CC=Nc2cc(-c3nc(-c4cccc(-c5cccc(-c6ccccc6)c5)c4)nc(-c4cccc(C5CC6CC7CC(c8cccc(-c9nc(-c%10cccc(-c%11cccc(-c%12ccccc%12)c%11)c%10)nc(-c%10cccc%11nccnc%10%11)n9)c8)C675)c4)n3)ccc2C1. The Hall–Kier alpha value is -11.0. The zero-order chi connectivity index (χ0) is 60.4. The van der Waals surface area contributed by atoms with Crippen LogP contribution in [0.2, 0.25) is 0 Å². The Kier molecular flexibility index (Phi) is 13.4. The third-order valence-corrected chi connectivity index (χ3v) is 19.9. The van der Waals surface area contributed by atoms with Crippen molar-refractivity contribution in [3.63, 3.8) is 0 Å². The van der Waals surface area contributed by atoms with Crippen molar-refractivity contribution in [3.05, 3.63) is 283 Å². The normalized spacial score (nSPS) is 18.5. The van der Waals surface area contributed by atoms with E-state index in [-0.39, 0.29) is 5.41 Å². The van der Waals surface area contributed by atoms with Gasteiger partial charge < -0.3 is 0 Å². The number of hydrogen-bond donors (Lipinski definition) is 0. The fourth-order valence-electron chi connectivity index (χ4n) is 15.3. The van der Waals surface area contributed by atoms with Crippen LogP contribution in [0, 0.1) is 17.3 Å². The summed E-state index contributed by atoms with van der Waals surface area (Å²) in [6.07, 6.45) is 13.0. The smallest absolute Gasteiger partial charge is 0.166 e. The van der Waals surface area contributed by atoms with Crippen LogP contribution in [0.25, 0.3) is 124 Å². The molecule has 0 amide bonds. The Morgan fingerprint density at radius 1 is 0.363 bits per heavy atom. The minimum absolute atomic E-state index is 0.162. The molecule has 3 aliphatic carbocycles. The van der Waals surface area contributed by atoms with Crippen LogP contribution in [-0.4, -0.2) is 46.1 Å². The zero-order valence-corrected chi connectivity index (χ0v) is 50.3. The maximum Gasteiger partial charge on any atom is 0.166 e. The summed E-state index contributed by atoms with van der Waals surface area (Å²) in [4.78, 5) is 46.3. The molecule has 3 saturated carbocycles. The van der Waals surface area contributed by atoms with Crippen LogP contribution in [0.15, 0.2) is 272 Å². The van der Waals surface area contributed by atoms with E-state index in [1.54, 1.807) is 12.4 Å². The first kappa shape index (κ1) is 54.1. The van der Waals surface area contributed by atoms with Crippen LogP contribution in [-0.2, 0) is 6.42 Å². The largest absolute Gasteiger partial charge is 0.257 e. The Morgan fingerprint density at radius 3 is 1.29 bits per heavy atom. The molecule has 10 aromatic carbocycles. The molecule has 0 N–H and O–H groups in total. The lowest BCUT2D eigenvalue weighted by Crippen LogP contribution is -2.70. The van der Waals surface area contributed by atoms with Gasteiger partial charge >= 0.3 is 0 Å². The molecular formula is C82H61N9. The van der Waals surface area contributed by atoms with E-state index >= 15 is 0 Å². The molecule has 0 radical (unpaired) electrons. The lowest BCUT2D eigenvalue weighted by atomic mass is 9.25. The second-order valence-electron chi connectivity index (χ2n) is 24.8. The number of fused-ring (bicyclic) bond motifs is 2. The number of rotatable bonds is 13. The van der Waals surface area contributed by atoms with Gasteiger partial charge in [0.05, 0.1) is 16.7 Å². The minimum Gasteiger partial charge on any atom is -0.257 e. The number of benzene rings is 10. The van der Waals surface area contributed by atoms with Gasteiger partial charge in [0, 0.05) is 52.0 Å². The van der Waals surface area contributed by atoms with Gasteiger partial charge in [0.25, 0.3) is 0 Å². The van der Waals surface area contributed by atoms with Gasteiger partial charge in [-0.2, -0.15) is 0 Å². The van der Waals surface area contributed by atoms with Crippen molar-refractivity contribution in [2.45, 2.75) is 50.9 Å². The second-order valence-corrected chi connectivity index (χ2v) is 24.8. The molecule has 9 nitrogen and oxygen atoms in total. The van der Waals surface area contributed by atoms with E-state index in [0.717, 1.165) is 104 Å². The molecule has 5 unspecified atom stereocenters. The summed E-state index contributed by atoms with van der Waals surface area (Å²) in [6, 6.07) is 86.3. The van der Waals surface area contributed by atoms with Crippen molar-refractivity contribution in [2.24, 2.45) is 22.2 Å². The quantitative estimate of drug-likeness (QED) is 0.112. The van der Waals surface area contributed by atoms with Gasteiger partial charge in [0.15, 0.2) is 34.9 Å². The van der Waals surface area contributed by atoms with Gasteiger partial charge in [-0.1, -0.05) is 201 Å². The highest BCUT2D eigenvalue weighted by molar-refractivity contribution is 5.90. The van der Waals surface area contributed by atoms with Gasteiger partial charge in [0.2, 0.25) is 0 Å². The monoisotopic (exact) mass is 1170 g/mol. The molecule has 3 fully saturated rings. The standard InChI is InChI=1S/C82H61N9/c1-2-51-36-37-83-74-47-67(35-34-62(74)40-51)80-87-76(63-28-11-24-58(43-63)56-22-9-20-54(41-56)52-16-5-3-6-17-52)86-77(88-80)65-30-13-26-60(45-65)71-49-68-48-69-50-72(82(68,69)71)61-27-14-31-66(46-61)79-89-78(90-81(91-79)70-32-15-33-73-75(70)85-39-38-84-73)64-29-12-25-59(44-64)57-23-10-21-55(42-57)53-18-7-4-8-19-53/h3-39,41-47,68-69,71-72H,2,40,48-50H2,1H3. The highest BCUT2D eigenvalue weighted by Gasteiger charge is 2.75. The predicted octanol–water partition coefficient (Wildman–Crippen LogP) is 19.6. The van der Waals surface area contributed by atoms with Gasteiger partial charge in [-0.15, -0.1) is 0 Å². The van der Waals surface area contributed by atoms with Crippen molar-refractivity contribution >= 4 is 22.9 Å². The maximum absolute atomic E-state index is 5.38. The Bertz CT molecular complexity index is 5050. The van der Waals surface area contributed by atoms with Crippen LogP contribution in [0.4, 0.5) is 5.69 Å². The second kappa shape index (κ2) is 22.5. The number of aromatic nitrogens is 8. The summed E-state index contributed by atoms with van der Waals surface area (Å²) in [7, 11) is 0. The van der Waals surface area contributed by atoms with Crippen LogP contribution >= 0.6 is 0 Å². The molecule has 17 rings (SSSR count). The summed E-state index contributed by atoms with van der Waals surface area (Å²) >= 11 is 0. The van der Waals surface area contributed by atoms with E-state index in [0.29, 0.717) is 58.6 Å². The molecule has 5 atom stereocenters. The first-order valence-corrected chi connectivity index (χ1v) is 31.8. The van der Waals surface area contributed by atoms with Crippen LogP contribution in [0.3, 0.4) is 0 Å². The average Bonchev–Trinajstić information content (AvgIpc) is 0.695. The van der Waals surface area contributed by atoms with E-state index in [9.17, 15) is 0 Å². The van der Waals surface area contributed by atoms with E-state index < -0.39 is 0 Å². The summed E-state index contributed by atoms with van der Waals surface area (Å²) in [5, 5.41) is 0. The summed E-state index contributed by atoms with van der Waals surface area (Å²) in [6.45, 7) is 2.20. The number of hydrogen-bond acceptors (Lipinski definition) is 9. The van der Waals surface area contributed by atoms with Gasteiger partial charge in [-0.25, -0.2) is 29.9 Å². The Balaban J connectivity index is 0.718. The summed E-state index contributed by atoms with van der Waals surface area (Å²) < 4.78 is 0. The van der Waals surface area contributed by atoms with Crippen molar-refractivity contribution in [1.29, 1.82) is 0 Å². The molecule has 4 heterocycles. The molecule has 13 aromatic rings. The third kappa shape index (κ3) is 9.76. The van der Waals surface area contributed by atoms with Crippen molar-refractivity contribution < 1.29 is 0 Å². The number of aliphatic imine (C=N–C) groups is 1. The first-order valence-electron chi connectivity index (χ1n) is 31.8. The highest BCUT2D eigenvalue weighted by atomic mass is 15.0. The van der Waals surface area contributed by atoms with Crippen LogP contribution in [0.1, 0.15) is 61.1 Å². The molecule has 4 aliphatic rings. The molecule has 1 spiro atoms. The number of allylic oxidation sites excluding steroid dienone is 2. The van der Waals surface area contributed by atoms with Crippen molar-refractivity contribution in [2.75, 3.05) is 0 Å². The first-order chi connectivity index (χ1) is 44.9. The highest BCUT2D eigenvalue weighted by Crippen LogP contribution is 2.84. The lowest BCUT2D eigenvalue weighted by Gasteiger charge is -2.79. The lowest BCUT2D eigenvalue weighted by molar-refractivity contribution is -0.253. The van der Waals surface area contributed by atoms with Crippen molar-refractivity contribution in [3.8, 4) is 113 Å². The molecular weight excluding hydrogens is 1110 g/mol. The maximum atomic E-state index is 5.38. The molecule has 434 valence electrons. The van der Waals surface area contributed by atoms with E-state index in [1.807, 2.05) is 24.4 Å². The Labute approximate surface area is 529 Å². The summed E-state index contributed by atoms with van der Waals surface area (Å²) in [5.41, 5.74) is 22.5. The number of para-hydroxylation sites is 1. The van der Waals surface area contributed by atoms with Gasteiger partial charge in [-0.05, 0) is 183 Å². The topological polar surface area (TPSA) is 115 Å². The van der Waals surface area contributed by atoms with Crippen LogP contribution < -0.4 is 0 Å². The molecule has 0 saturated heterocycles. The van der Waals surface area contributed by atoms with E-state index in [4.69, 9.17) is 39.9 Å². The summed E-state index contributed by atoms with van der Waals surface area (Å²) in [5.74, 6) is 5.76. The molecule has 9 heteroatoms. The zero-order valence-electron chi connectivity index (χ0n) is 50.3. The van der Waals surface area contributed by atoms with Gasteiger partial charge in [-0.3, -0.25) is 15.0 Å². The Morgan fingerprint density at radius 2 is 0.780 bits per heavy atom. The fourth-order valence-corrected chi connectivity index (χ4v) is 15.3. The van der Waals surface area contributed by atoms with Crippen molar-refractivity contribution in [1.82, 2.24) is 39.9 Å². The minimum atomic E-state index is 0.162. The number of nitrogens with zero attached hydrogens (tertiary/aromatic N) is 9. The molecule has 3 aromatic heterocycles. The van der Waals surface area contributed by atoms with Gasteiger partial charge in [0.1, 0.15) is 0 Å². The molecule has 0 bridgehead atoms. The fraction of sp³-hybridized carbons (Fsp3) is 0.134. The van der Waals surface area contributed by atoms with E-state index in [1.165, 1.54) is 45.4 Å². The molecule has 1 aliphatic heterocycles. The average molecular weight is 1170 g/mol. The van der Waals surface area contributed by atoms with Crippen LogP contribution in [0.5, 0.6) is 0 Å². The molecule has 91 heavy (non-hydrogen) atoms. The van der Waals surface area contributed by atoms with E-state index in [2.05, 4.69) is 242 Å². The third-order valence-electron chi connectivity index (χ3n) is 19.9.